The van der Waals surface area contributed by atoms with E-state index < -0.39 is 35.7 Å². The molecule has 33 heavy (non-hydrogen) atoms. The third-order valence-electron chi connectivity index (χ3n) is 4.40. The molecule has 0 aromatic carbocycles. The molecule has 0 aliphatic carbocycles. The van der Waals surface area contributed by atoms with E-state index in [4.69, 9.17) is 20.2 Å². The molecule has 0 aromatic heterocycles. The molecule has 15 heteroatoms. The lowest BCUT2D eigenvalue weighted by molar-refractivity contribution is -0.198. The Morgan fingerprint density at radius 1 is 0.758 bits per heavy atom. The lowest BCUT2D eigenvalue weighted by atomic mass is 10.3. The Morgan fingerprint density at radius 3 is 1.64 bits per heavy atom. The van der Waals surface area contributed by atoms with Crippen LogP contribution in [0.1, 0.15) is 12.8 Å². The van der Waals surface area contributed by atoms with Gasteiger partial charge in [-0.2, -0.15) is 0 Å². The van der Waals surface area contributed by atoms with Crippen LogP contribution in [0.3, 0.4) is 0 Å². The smallest absolute Gasteiger partial charge is 0.347 e. The highest BCUT2D eigenvalue weighted by Crippen LogP contribution is 2.12. The first-order chi connectivity index (χ1) is 15.6. The average Bonchev–Trinajstić information content (AvgIpc) is 3.03. The highest BCUT2D eigenvalue weighted by Gasteiger charge is 2.33. The standard InChI is InChI=1S/C18H29N5O10/c24-13-1-2-14(25)23(13)33-18(32)12-22(6-4-20-10-16(28)29)8-7-21(11-17(30)31)5-3-19-9-15(26)27/h19-20H,1-12H2,(H,26,27)(H,28,29)(H,30,31). The van der Waals surface area contributed by atoms with Crippen molar-refractivity contribution in [3.8, 4) is 0 Å². The van der Waals surface area contributed by atoms with Gasteiger partial charge in [-0.15, -0.1) is 5.06 Å². The van der Waals surface area contributed by atoms with E-state index in [1.54, 1.807) is 4.90 Å². The molecule has 0 aromatic rings. The minimum atomic E-state index is -1.09. The first-order valence-electron chi connectivity index (χ1n) is 10.2. The molecule has 0 unspecified atom stereocenters. The summed E-state index contributed by atoms with van der Waals surface area (Å²) >= 11 is 0. The van der Waals surface area contributed by atoms with E-state index in [1.807, 2.05) is 0 Å². The second-order valence-corrected chi connectivity index (χ2v) is 7.13. The third kappa shape index (κ3) is 12.5. The number of hydroxylamine groups is 2. The SMILES string of the molecule is O=C(O)CNCCN(CCN(CCNCC(=O)O)CC(=O)ON1C(=O)CCC1=O)CC(=O)O. The summed E-state index contributed by atoms with van der Waals surface area (Å²) < 4.78 is 0. The van der Waals surface area contributed by atoms with Gasteiger partial charge < -0.3 is 30.8 Å². The summed E-state index contributed by atoms with van der Waals surface area (Å²) in [4.78, 5) is 75.7. The second-order valence-electron chi connectivity index (χ2n) is 7.13. The van der Waals surface area contributed by atoms with Crippen molar-refractivity contribution in [1.29, 1.82) is 0 Å². The number of nitrogens with zero attached hydrogens (tertiary/aromatic N) is 3. The number of amides is 2. The maximum atomic E-state index is 12.2. The zero-order valence-corrected chi connectivity index (χ0v) is 18.0. The summed E-state index contributed by atoms with van der Waals surface area (Å²) in [5.74, 6) is -5.31. The fourth-order valence-corrected chi connectivity index (χ4v) is 2.85. The fourth-order valence-electron chi connectivity index (χ4n) is 2.85. The Kier molecular flexibility index (Phi) is 12.5. The van der Waals surface area contributed by atoms with Crippen molar-refractivity contribution < 1.29 is 48.9 Å². The maximum Gasteiger partial charge on any atom is 0.347 e. The van der Waals surface area contributed by atoms with Gasteiger partial charge in [-0.05, 0) is 0 Å². The summed E-state index contributed by atoms with van der Waals surface area (Å²) in [5, 5.41) is 32.2. The van der Waals surface area contributed by atoms with Crippen molar-refractivity contribution in [3.63, 3.8) is 0 Å². The van der Waals surface area contributed by atoms with Crippen LogP contribution >= 0.6 is 0 Å². The van der Waals surface area contributed by atoms with Crippen molar-refractivity contribution in [2.75, 3.05) is 65.4 Å². The van der Waals surface area contributed by atoms with Crippen LogP contribution in [-0.4, -0.2) is 131 Å². The molecular weight excluding hydrogens is 446 g/mol. The van der Waals surface area contributed by atoms with E-state index in [0.29, 0.717) is 5.06 Å². The molecule has 15 nitrogen and oxygen atoms in total. The van der Waals surface area contributed by atoms with Crippen molar-refractivity contribution in [1.82, 2.24) is 25.5 Å². The van der Waals surface area contributed by atoms with Crippen molar-refractivity contribution in [2.45, 2.75) is 12.8 Å². The normalized spacial score (nSPS) is 13.7. The molecule has 1 saturated heterocycles. The molecule has 1 rings (SSSR count). The minimum Gasteiger partial charge on any atom is -0.480 e. The van der Waals surface area contributed by atoms with Gasteiger partial charge in [0.2, 0.25) is 0 Å². The molecule has 1 fully saturated rings. The molecule has 0 saturated carbocycles. The van der Waals surface area contributed by atoms with E-state index in [1.165, 1.54) is 4.90 Å². The summed E-state index contributed by atoms with van der Waals surface area (Å²) in [6.07, 6.45) is -0.0933. The van der Waals surface area contributed by atoms with Gasteiger partial charge in [-0.3, -0.25) is 33.8 Å². The number of imide groups is 1. The van der Waals surface area contributed by atoms with Gasteiger partial charge in [0.05, 0.1) is 26.2 Å². The highest BCUT2D eigenvalue weighted by atomic mass is 16.7. The van der Waals surface area contributed by atoms with E-state index in [2.05, 4.69) is 10.6 Å². The molecule has 5 N–H and O–H groups in total. The fraction of sp³-hybridized carbons (Fsp3) is 0.667. The Bertz CT molecular complexity index is 715. The number of carboxylic acids is 3. The molecular formula is C18H29N5O10. The number of rotatable bonds is 18. The molecule has 0 bridgehead atoms. The van der Waals surface area contributed by atoms with Gasteiger partial charge in [0.15, 0.2) is 0 Å². The average molecular weight is 475 g/mol. The molecule has 0 spiro atoms. The number of carbonyl (C=O) groups excluding carboxylic acids is 3. The first-order valence-corrected chi connectivity index (χ1v) is 10.2. The Balaban J connectivity index is 2.64. The van der Waals surface area contributed by atoms with Crippen LogP contribution in [0.25, 0.3) is 0 Å². The van der Waals surface area contributed by atoms with E-state index in [0.717, 1.165) is 0 Å². The molecule has 1 aliphatic rings. The summed E-state index contributed by atoms with van der Waals surface area (Å²) in [5.41, 5.74) is 0. The van der Waals surface area contributed by atoms with Crippen LogP contribution < -0.4 is 10.6 Å². The minimum absolute atomic E-state index is 0.0466. The molecule has 2 amide bonds. The van der Waals surface area contributed by atoms with Crippen LogP contribution in [0, 0.1) is 0 Å². The molecule has 0 atom stereocenters. The van der Waals surface area contributed by atoms with Gasteiger partial charge in [-0.1, -0.05) is 0 Å². The maximum absolute atomic E-state index is 12.2. The van der Waals surface area contributed by atoms with E-state index >= 15 is 0 Å². The zero-order valence-electron chi connectivity index (χ0n) is 18.0. The van der Waals surface area contributed by atoms with Crippen LogP contribution in [0.4, 0.5) is 0 Å². The monoisotopic (exact) mass is 475 g/mol. The first kappa shape index (κ1) is 27.9. The van der Waals surface area contributed by atoms with Crippen LogP contribution in [-0.2, 0) is 33.6 Å². The Hall–Kier alpha value is -3.14. The highest BCUT2D eigenvalue weighted by molar-refractivity contribution is 6.01. The lowest BCUT2D eigenvalue weighted by Gasteiger charge is -2.26. The number of carboxylic acid groups (broad SMARTS) is 3. The summed E-state index contributed by atoms with van der Waals surface area (Å²) in [6, 6.07) is 0. The van der Waals surface area contributed by atoms with Crippen LogP contribution in [0.15, 0.2) is 0 Å². The van der Waals surface area contributed by atoms with Gasteiger partial charge >= 0.3 is 23.9 Å². The van der Waals surface area contributed by atoms with Crippen molar-refractivity contribution in [3.05, 3.63) is 0 Å². The van der Waals surface area contributed by atoms with Gasteiger partial charge in [0.1, 0.15) is 0 Å². The summed E-state index contributed by atoms with van der Waals surface area (Å²) in [7, 11) is 0. The van der Waals surface area contributed by atoms with Gasteiger partial charge in [0.25, 0.3) is 11.8 Å². The molecule has 1 aliphatic heterocycles. The number of nitrogens with one attached hydrogen (secondary N) is 2. The topological polar surface area (TPSA) is 206 Å². The number of carbonyl (C=O) groups is 6. The van der Waals surface area contributed by atoms with Crippen LogP contribution in [0.5, 0.6) is 0 Å². The number of hydrogen-bond donors (Lipinski definition) is 5. The Labute approximate surface area is 189 Å². The summed E-state index contributed by atoms with van der Waals surface area (Å²) in [6.45, 7) is -0.00896. The third-order valence-corrected chi connectivity index (χ3v) is 4.40. The van der Waals surface area contributed by atoms with Crippen molar-refractivity contribution >= 4 is 35.7 Å². The van der Waals surface area contributed by atoms with E-state index in [9.17, 15) is 28.8 Å². The largest absolute Gasteiger partial charge is 0.480 e. The molecule has 1 heterocycles. The van der Waals surface area contributed by atoms with Crippen LogP contribution in [0.2, 0.25) is 0 Å². The van der Waals surface area contributed by atoms with Gasteiger partial charge in [0, 0.05) is 52.1 Å². The second kappa shape index (κ2) is 14.8. The zero-order chi connectivity index (χ0) is 24.8. The Morgan fingerprint density at radius 2 is 1.21 bits per heavy atom. The number of aliphatic carboxylic acids is 3. The van der Waals surface area contributed by atoms with E-state index in [-0.39, 0.29) is 78.3 Å². The molecule has 0 radical (unpaired) electrons. The van der Waals surface area contributed by atoms with Crippen molar-refractivity contribution in [2.24, 2.45) is 0 Å². The predicted molar refractivity (Wildman–Crippen MR) is 109 cm³/mol. The number of hydrogen-bond acceptors (Lipinski definition) is 11. The lowest BCUT2D eigenvalue weighted by Crippen LogP contribution is -2.45. The van der Waals surface area contributed by atoms with Gasteiger partial charge in [-0.25, -0.2) is 4.79 Å². The predicted octanol–water partition coefficient (Wildman–Crippen LogP) is -3.37. The molecule has 186 valence electrons. The quantitative estimate of drug-likeness (QED) is 0.0969.